The van der Waals surface area contributed by atoms with Crippen molar-refractivity contribution in [3.63, 3.8) is 0 Å². The Morgan fingerprint density at radius 2 is 1.26 bits per heavy atom. The smallest absolute Gasteiger partial charge is 0.178 e. The molecule has 0 unspecified atom stereocenters. The first-order valence-corrected chi connectivity index (χ1v) is 9.20. The molecule has 27 heavy (non-hydrogen) atoms. The summed E-state index contributed by atoms with van der Waals surface area (Å²) < 4.78 is 4.27. The number of aromatic nitrogens is 2. The summed E-state index contributed by atoms with van der Waals surface area (Å²) in [5.41, 5.74) is 9.29. The number of hydrogen-bond donors (Lipinski definition) is 0. The van der Waals surface area contributed by atoms with Crippen LogP contribution in [0.15, 0.2) is 60.7 Å². The Kier molecular flexibility index (Phi) is 5.48. The summed E-state index contributed by atoms with van der Waals surface area (Å²) in [7, 11) is 0. The summed E-state index contributed by atoms with van der Waals surface area (Å²) in [4.78, 5) is 0. The van der Waals surface area contributed by atoms with Crippen LogP contribution in [-0.4, -0.2) is 4.57 Å². The Morgan fingerprint density at radius 1 is 0.741 bits per heavy atom. The number of para-hydroxylation sites is 2. The van der Waals surface area contributed by atoms with E-state index in [1.54, 1.807) is 0 Å². The van der Waals surface area contributed by atoms with Crippen LogP contribution in [0.4, 0.5) is 0 Å². The quantitative estimate of drug-likeness (QED) is 0.284. The zero-order chi connectivity index (χ0) is 18.4. The molecule has 140 valence electrons. The molecule has 0 spiro atoms. The molecule has 0 saturated heterocycles. The minimum Gasteiger partial charge on any atom is -0.178 e. The molecule has 0 aliphatic carbocycles. The van der Waals surface area contributed by atoms with Crippen molar-refractivity contribution in [1.82, 2.24) is 4.57 Å². The number of imidazole rings is 1. The molecular weight excluding hydrogens is 403 g/mol. The van der Waals surface area contributed by atoms with Gasteiger partial charge in [0.15, 0.2) is 11.0 Å². The van der Waals surface area contributed by atoms with Crippen LogP contribution in [0.1, 0.15) is 22.3 Å². The van der Waals surface area contributed by atoms with Crippen molar-refractivity contribution in [1.29, 1.82) is 0 Å². The van der Waals surface area contributed by atoms with Crippen LogP contribution >= 0.6 is 11.6 Å². The molecule has 2 nitrogen and oxygen atoms in total. The number of halogens is 1. The van der Waals surface area contributed by atoms with Gasteiger partial charge in [-0.1, -0.05) is 24.3 Å². The Morgan fingerprint density at radius 3 is 1.85 bits per heavy atom. The van der Waals surface area contributed by atoms with Crippen molar-refractivity contribution < 1.29 is 21.6 Å². The molecule has 0 aliphatic rings. The van der Waals surface area contributed by atoms with E-state index in [2.05, 4.69) is 97.5 Å². The Balaban J connectivity index is 0.00000210. The molecule has 0 radical (unpaired) electrons. The van der Waals surface area contributed by atoms with E-state index in [4.69, 9.17) is 11.6 Å². The van der Waals surface area contributed by atoms with Gasteiger partial charge in [-0.15, -0.1) is 0 Å². The second-order valence-corrected chi connectivity index (χ2v) is 7.46. The first-order valence-electron chi connectivity index (χ1n) is 8.82. The van der Waals surface area contributed by atoms with E-state index in [9.17, 15) is 0 Å². The molecule has 0 aliphatic heterocycles. The number of fused-ring (bicyclic) bond motifs is 1. The zero-order valence-electron chi connectivity index (χ0n) is 15.8. The molecule has 1 heterocycles. The van der Waals surface area contributed by atoms with Crippen molar-refractivity contribution in [2.75, 3.05) is 0 Å². The Hall–Kier alpha value is -2.06. The van der Waals surface area contributed by atoms with Crippen LogP contribution in [0.2, 0.25) is 5.28 Å². The zero-order valence-corrected chi connectivity index (χ0v) is 17.5. The van der Waals surface area contributed by atoms with Crippen molar-refractivity contribution >= 4 is 22.6 Å². The minimum atomic E-state index is 0. The SMILES string of the molecule is Cc1cc(C)cc(-n2c(Cl)[n+](-c3cc(C)cc(C)c3)c3ccccc32)c1.[Cu+]. The number of rotatable bonds is 2. The predicted octanol–water partition coefficient (Wildman–Crippen LogP) is 5.79. The molecule has 0 fully saturated rings. The van der Waals surface area contributed by atoms with E-state index < -0.39 is 0 Å². The van der Waals surface area contributed by atoms with Gasteiger partial charge in [0.2, 0.25) is 0 Å². The van der Waals surface area contributed by atoms with Gasteiger partial charge in [0.1, 0.15) is 11.4 Å². The van der Waals surface area contributed by atoms with Gasteiger partial charge in [-0.3, -0.25) is 0 Å². The molecule has 0 atom stereocenters. The maximum atomic E-state index is 6.96. The third-order valence-corrected chi connectivity index (χ3v) is 5.00. The van der Waals surface area contributed by atoms with E-state index in [0.717, 1.165) is 22.4 Å². The molecular formula is C23H22ClCuN2+2. The fourth-order valence-electron chi connectivity index (χ4n) is 3.79. The third-order valence-electron chi connectivity index (χ3n) is 4.66. The maximum absolute atomic E-state index is 6.96. The molecule has 0 N–H and O–H groups in total. The molecule has 1 aromatic heterocycles. The molecule has 0 bridgehead atoms. The summed E-state index contributed by atoms with van der Waals surface area (Å²) in [6.45, 7) is 8.48. The molecule has 3 aromatic carbocycles. The molecule has 4 aromatic rings. The van der Waals surface area contributed by atoms with E-state index >= 15 is 0 Å². The second-order valence-electron chi connectivity index (χ2n) is 7.12. The summed E-state index contributed by atoms with van der Waals surface area (Å²) in [5, 5.41) is 0.682. The van der Waals surface area contributed by atoms with Gasteiger partial charge in [0.05, 0.1) is 0 Å². The van der Waals surface area contributed by atoms with Gasteiger partial charge in [-0.2, -0.15) is 9.13 Å². The summed E-state index contributed by atoms with van der Waals surface area (Å²) in [6, 6.07) is 21.4. The third kappa shape index (κ3) is 3.55. The monoisotopic (exact) mass is 424 g/mol. The summed E-state index contributed by atoms with van der Waals surface area (Å²) in [5.74, 6) is 0. The van der Waals surface area contributed by atoms with Gasteiger partial charge in [0, 0.05) is 11.6 Å². The fraction of sp³-hybridized carbons (Fsp3) is 0.174. The van der Waals surface area contributed by atoms with Crippen molar-refractivity contribution in [2.45, 2.75) is 27.7 Å². The van der Waals surface area contributed by atoms with Crippen molar-refractivity contribution in [2.24, 2.45) is 0 Å². The molecule has 0 saturated carbocycles. The minimum absolute atomic E-state index is 0. The number of aryl methyl sites for hydroxylation is 4. The van der Waals surface area contributed by atoms with Crippen LogP contribution in [-0.2, 0) is 17.1 Å². The first-order chi connectivity index (χ1) is 12.4. The summed E-state index contributed by atoms with van der Waals surface area (Å²) in [6.07, 6.45) is 0. The topological polar surface area (TPSA) is 8.81 Å². The molecule has 4 heteroatoms. The Bertz CT molecular complexity index is 1020. The fourth-order valence-corrected chi connectivity index (χ4v) is 4.17. The standard InChI is InChI=1S/C23H22ClN2.Cu/c1-15-9-16(2)12-19(11-15)25-21-7-5-6-8-22(21)26(23(25)24)20-13-17(3)10-18(4)14-20;/h5-14H,1-4H3;/q2*+1. The average molecular weight is 425 g/mol. The van der Waals surface area contributed by atoms with Crippen LogP contribution in [0, 0.1) is 27.7 Å². The van der Waals surface area contributed by atoms with E-state index in [0.29, 0.717) is 5.28 Å². The van der Waals surface area contributed by atoms with Crippen LogP contribution in [0.5, 0.6) is 0 Å². The van der Waals surface area contributed by atoms with Gasteiger partial charge in [-0.25, -0.2) is 0 Å². The first kappa shape index (κ1) is 19.7. The average Bonchev–Trinajstić information content (AvgIpc) is 2.84. The molecule has 0 amide bonds. The second kappa shape index (κ2) is 7.52. The normalized spacial score (nSPS) is 10.9. The summed E-state index contributed by atoms with van der Waals surface area (Å²) >= 11 is 6.96. The van der Waals surface area contributed by atoms with Crippen LogP contribution < -0.4 is 4.57 Å². The van der Waals surface area contributed by atoms with Crippen LogP contribution in [0.3, 0.4) is 0 Å². The largest absolute Gasteiger partial charge is 1.00 e. The van der Waals surface area contributed by atoms with Gasteiger partial charge < -0.3 is 0 Å². The molecule has 4 rings (SSSR count). The number of nitrogens with zero attached hydrogens (tertiary/aromatic N) is 2. The predicted molar refractivity (Wildman–Crippen MR) is 109 cm³/mol. The van der Waals surface area contributed by atoms with Gasteiger partial charge >= 0.3 is 22.4 Å². The Labute approximate surface area is 175 Å². The van der Waals surface area contributed by atoms with Crippen molar-refractivity contribution in [3.05, 3.63) is 88.2 Å². The number of benzene rings is 3. The van der Waals surface area contributed by atoms with E-state index in [1.165, 1.54) is 22.3 Å². The van der Waals surface area contributed by atoms with Crippen molar-refractivity contribution in [3.8, 4) is 11.4 Å². The van der Waals surface area contributed by atoms with Crippen LogP contribution in [0.25, 0.3) is 22.4 Å². The van der Waals surface area contributed by atoms with Gasteiger partial charge in [0.25, 0.3) is 0 Å². The van der Waals surface area contributed by atoms with E-state index in [-0.39, 0.29) is 17.1 Å². The van der Waals surface area contributed by atoms with Gasteiger partial charge in [-0.05, 0) is 86.3 Å². The van der Waals surface area contributed by atoms with E-state index in [1.807, 2.05) is 0 Å². The number of hydrogen-bond acceptors (Lipinski definition) is 0. The maximum Gasteiger partial charge on any atom is 1.00 e.